The van der Waals surface area contributed by atoms with Gasteiger partial charge in [-0.1, -0.05) is 27.2 Å². The van der Waals surface area contributed by atoms with Crippen LogP contribution in [0.25, 0.3) is 0 Å². The van der Waals surface area contributed by atoms with Gasteiger partial charge in [0.25, 0.3) is 0 Å². The van der Waals surface area contributed by atoms with Crippen LogP contribution in [0.3, 0.4) is 0 Å². The summed E-state index contributed by atoms with van der Waals surface area (Å²) in [5.74, 6) is 0. The summed E-state index contributed by atoms with van der Waals surface area (Å²) >= 11 is 0. The zero-order valence-electron chi connectivity index (χ0n) is 12.9. The average molecular weight is 233 g/mol. The van der Waals surface area contributed by atoms with E-state index in [1.54, 1.807) is 0 Å². The molecule has 0 amide bonds. The normalized spacial score (nSPS) is 9.38. The highest BCUT2D eigenvalue weighted by molar-refractivity contribution is 4.42. The fraction of sp³-hybridized carbons (Fsp3) is 1.00. The summed E-state index contributed by atoms with van der Waals surface area (Å²) in [7, 11) is 10.3. The summed E-state index contributed by atoms with van der Waals surface area (Å²) in [6.07, 6.45) is 2.63. The molecule has 0 aliphatic heterocycles. The predicted octanol–water partition coefficient (Wildman–Crippen LogP) is 2.14. The number of rotatable bonds is 6. The van der Waals surface area contributed by atoms with Crippen LogP contribution in [0.2, 0.25) is 0 Å². The molecule has 0 aliphatic carbocycles. The molecule has 0 bridgehead atoms. The van der Waals surface area contributed by atoms with Crippen LogP contribution >= 0.6 is 0 Å². The van der Waals surface area contributed by atoms with Crippen molar-refractivity contribution < 1.29 is 0 Å². The van der Waals surface area contributed by atoms with Gasteiger partial charge in [-0.25, -0.2) is 0 Å². The van der Waals surface area contributed by atoms with Crippen molar-refractivity contribution in [1.29, 1.82) is 0 Å². The van der Waals surface area contributed by atoms with Gasteiger partial charge < -0.3 is 15.1 Å². The molecule has 0 heterocycles. The highest BCUT2D eigenvalue weighted by atomic mass is 15.1. The molecule has 0 rings (SSSR count). The van der Waals surface area contributed by atoms with Gasteiger partial charge in [-0.2, -0.15) is 0 Å². The zero-order valence-corrected chi connectivity index (χ0v) is 12.9. The standard InChI is InChI=1S/C6H15N.C5H14N2.C2H6/c1-4-5-6-7(2)3;1-6-4-5-7(2)3;1-2/h4-6H2,1-3H3;6H,4-5H2,1-3H3;1-2H3. The number of hydrogen-bond donors (Lipinski definition) is 1. The van der Waals surface area contributed by atoms with E-state index >= 15 is 0 Å². The number of nitrogens with one attached hydrogen (secondary N) is 1. The van der Waals surface area contributed by atoms with Gasteiger partial charge in [-0.05, 0) is 48.2 Å². The van der Waals surface area contributed by atoms with Gasteiger partial charge in [0.05, 0.1) is 0 Å². The van der Waals surface area contributed by atoms with Crippen molar-refractivity contribution in [2.45, 2.75) is 33.6 Å². The Bertz CT molecular complexity index is 81.2. The van der Waals surface area contributed by atoms with Crippen LogP contribution in [0.1, 0.15) is 33.6 Å². The Kier molecular flexibility index (Phi) is 26.9. The van der Waals surface area contributed by atoms with E-state index in [0.29, 0.717) is 0 Å². The van der Waals surface area contributed by atoms with Gasteiger partial charge in [0.15, 0.2) is 0 Å². The minimum absolute atomic E-state index is 1.08. The molecule has 0 atom stereocenters. The van der Waals surface area contributed by atoms with Crippen LogP contribution in [-0.4, -0.2) is 64.7 Å². The van der Waals surface area contributed by atoms with Crippen molar-refractivity contribution in [3.63, 3.8) is 0 Å². The summed E-state index contributed by atoms with van der Waals surface area (Å²) in [4.78, 5) is 4.36. The third-order valence-electron chi connectivity index (χ3n) is 1.77. The molecule has 0 aromatic heterocycles. The highest BCUT2D eigenvalue weighted by Crippen LogP contribution is 1.86. The number of unbranched alkanes of at least 4 members (excludes halogenated alkanes) is 1. The predicted molar refractivity (Wildman–Crippen MR) is 77.3 cm³/mol. The van der Waals surface area contributed by atoms with E-state index < -0.39 is 0 Å². The maximum absolute atomic E-state index is 3.06. The molecule has 16 heavy (non-hydrogen) atoms. The van der Waals surface area contributed by atoms with Crippen LogP contribution in [0.15, 0.2) is 0 Å². The first-order valence-corrected chi connectivity index (χ1v) is 6.48. The van der Waals surface area contributed by atoms with E-state index in [4.69, 9.17) is 0 Å². The summed E-state index contributed by atoms with van der Waals surface area (Å²) < 4.78 is 0. The van der Waals surface area contributed by atoms with E-state index in [2.05, 4.69) is 50.2 Å². The monoisotopic (exact) mass is 233 g/mol. The van der Waals surface area contributed by atoms with Crippen molar-refractivity contribution in [3.8, 4) is 0 Å². The molecule has 0 aromatic rings. The Hall–Kier alpha value is -0.120. The van der Waals surface area contributed by atoms with E-state index in [0.717, 1.165) is 13.1 Å². The quantitative estimate of drug-likeness (QED) is 0.758. The highest BCUT2D eigenvalue weighted by Gasteiger charge is 1.84. The third-order valence-corrected chi connectivity index (χ3v) is 1.77. The Morgan fingerprint density at radius 2 is 1.31 bits per heavy atom. The minimum Gasteiger partial charge on any atom is -0.318 e. The zero-order chi connectivity index (χ0) is 13.4. The molecule has 0 aliphatic rings. The number of likely N-dealkylation sites (N-methyl/N-ethyl adjacent to an activating group) is 2. The van der Waals surface area contributed by atoms with Crippen molar-refractivity contribution in [3.05, 3.63) is 0 Å². The van der Waals surface area contributed by atoms with E-state index in [1.807, 2.05) is 20.9 Å². The lowest BCUT2D eigenvalue weighted by Crippen LogP contribution is -2.23. The fourth-order valence-corrected chi connectivity index (χ4v) is 0.810. The summed E-state index contributed by atoms with van der Waals surface area (Å²) in [5.41, 5.74) is 0. The molecule has 0 spiro atoms. The van der Waals surface area contributed by atoms with Gasteiger partial charge in [-0.3, -0.25) is 0 Å². The van der Waals surface area contributed by atoms with Gasteiger partial charge in [0.1, 0.15) is 0 Å². The molecule has 102 valence electrons. The van der Waals surface area contributed by atoms with Gasteiger partial charge in [0, 0.05) is 13.1 Å². The maximum atomic E-state index is 3.06. The van der Waals surface area contributed by atoms with Crippen LogP contribution in [-0.2, 0) is 0 Å². The second kappa shape index (κ2) is 20.3. The van der Waals surface area contributed by atoms with Crippen molar-refractivity contribution in [2.75, 3.05) is 54.9 Å². The molecule has 0 radical (unpaired) electrons. The summed E-state index contributed by atoms with van der Waals surface area (Å²) in [6, 6.07) is 0. The van der Waals surface area contributed by atoms with Gasteiger partial charge >= 0.3 is 0 Å². The molecule has 3 nitrogen and oxygen atoms in total. The number of nitrogens with zero attached hydrogens (tertiary/aromatic N) is 2. The molecular weight excluding hydrogens is 198 g/mol. The Morgan fingerprint density at radius 3 is 1.44 bits per heavy atom. The Balaban J connectivity index is -0.000000183. The first kappa shape index (κ1) is 21.2. The van der Waals surface area contributed by atoms with E-state index in [9.17, 15) is 0 Å². The van der Waals surface area contributed by atoms with Gasteiger partial charge in [-0.15, -0.1) is 0 Å². The summed E-state index contributed by atoms with van der Waals surface area (Å²) in [5, 5.41) is 3.06. The topological polar surface area (TPSA) is 18.5 Å². The van der Waals surface area contributed by atoms with Crippen molar-refractivity contribution in [2.24, 2.45) is 0 Å². The van der Waals surface area contributed by atoms with E-state index in [-0.39, 0.29) is 0 Å². The SMILES string of the molecule is CC.CCCCN(C)C.CNCCN(C)C. The molecule has 0 aromatic carbocycles. The number of hydrogen-bond acceptors (Lipinski definition) is 3. The Labute approximate surface area is 104 Å². The molecular formula is C13H35N3. The van der Waals surface area contributed by atoms with Crippen molar-refractivity contribution >= 4 is 0 Å². The molecule has 0 saturated carbocycles. The van der Waals surface area contributed by atoms with Crippen LogP contribution < -0.4 is 5.32 Å². The van der Waals surface area contributed by atoms with Gasteiger partial charge in [0.2, 0.25) is 0 Å². The molecule has 3 heteroatoms. The average Bonchev–Trinajstić information content (AvgIpc) is 2.27. The van der Waals surface area contributed by atoms with Crippen LogP contribution in [0.4, 0.5) is 0 Å². The second-order valence-electron chi connectivity index (χ2n) is 4.06. The van der Waals surface area contributed by atoms with Crippen LogP contribution in [0, 0.1) is 0 Å². The Morgan fingerprint density at radius 1 is 0.875 bits per heavy atom. The van der Waals surface area contributed by atoms with Crippen LogP contribution in [0.5, 0.6) is 0 Å². The largest absolute Gasteiger partial charge is 0.318 e. The molecule has 1 N–H and O–H groups in total. The third kappa shape index (κ3) is 37.1. The lowest BCUT2D eigenvalue weighted by molar-refractivity contribution is 0.398. The minimum atomic E-state index is 1.08. The van der Waals surface area contributed by atoms with E-state index in [1.165, 1.54) is 19.4 Å². The lowest BCUT2D eigenvalue weighted by atomic mass is 10.3. The molecule has 0 fully saturated rings. The second-order valence-corrected chi connectivity index (χ2v) is 4.06. The summed E-state index contributed by atoms with van der Waals surface area (Å²) in [6.45, 7) is 9.64. The smallest absolute Gasteiger partial charge is 0.0101 e. The maximum Gasteiger partial charge on any atom is 0.0101 e. The molecule has 0 unspecified atom stereocenters. The first-order chi connectivity index (χ1) is 7.54. The first-order valence-electron chi connectivity index (χ1n) is 6.48. The fourth-order valence-electron chi connectivity index (χ4n) is 0.810. The molecule has 0 saturated heterocycles. The van der Waals surface area contributed by atoms with Crippen molar-refractivity contribution in [1.82, 2.24) is 15.1 Å². The lowest BCUT2D eigenvalue weighted by Gasteiger charge is -2.06.